The zero-order chi connectivity index (χ0) is 17.1. The largest absolute Gasteiger partial charge is 0.340 e. The Morgan fingerprint density at radius 1 is 1.33 bits per heavy atom. The maximum absolute atomic E-state index is 13.6. The average molecular weight is 328 g/mol. The second-order valence-corrected chi connectivity index (χ2v) is 6.24. The minimum absolute atomic E-state index is 0.0874. The van der Waals surface area contributed by atoms with Gasteiger partial charge in [-0.25, -0.2) is 14.4 Å². The van der Waals surface area contributed by atoms with E-state index in [2.05, 4.69) is 15.3 Å². The first kappa shape index (κ1) is 16.4. The van der Waals surface area contributed by atoms with Crippen LogP contribution < -0.4 is 10.2 Å². The average Bonchev–Trinajstić information content (AvgIpc) is 2.58. The molecule has 1 unspecified atom stereocenters. The molecule has 5 nitrogen and oxygen atoms in total. The Morgan fingerprint density at radius 3 is 2.92 bits per heavy atom. The Bertz CT molecular complexity index is 750. The Labute approximate surface area is 140 Å². The molecule has 1 saturated heterocycles. The number of hydrogen-bond acceptors (Lipinski definition) is 4. The highest BCUT2D eigenvalue weighted by Crippen LogP contribution is 2.22. The first-order chi connectivity index (χ1) is 11.5. The molecule has 1 aromatic heterocycles. The summed E-state index contributed by atoms with van der Waals surface area (Å²) in [5.74, 6) is 0.0999. The molecule has 6 heteroatoms. The summed E-state index contributed by atoms with van der Waals surface area (Å²) in [6.45, 7) is 5.03. The topological polar surface area (TPSA) is 58.1 Å². The number of benzene rings is 1. The maximum Gasteiger partial charge on any atom is 0.229 e. The van der Waals surface area contributed by atoms with Gasteiger partial charge in [-0.15, -0.1) is 0 Å². The number of hydrogen-bond donors (Lipinski definition) is 1. The lowest BCUT2D eigenvalue weighted by atomic mass is 9.97. The minimum Gasteiger partial charge on any atom is -0.340 e. The van der Waals surface area contributed by atoms with Crippen molar-refractivity contribution in [3.05, 3.63) is 47.5 Å². The standard InChI is InChI=1S/C18H21FN4O/c1-12-5-6-15(10-16(12)19)22-17(24)14-4-3-9-23(11-14)18-20-8-7-13(2)21-18/h5-8,10,14H,3-4,9,11H2,1-2H3,(H,22,24). The summed E-state index contributed by atoms with van der Waals surface area (Å²) in [5.41, 5.74) is 1.96. The Morgan fingerprint density at radius 2 is 2.17 bits per heavy atom. The third-order valence-corrected chi connectivity index (χ3v) is 4.30. The Hall–Kier alpha value is -2.50. The molecule has 0 aliphatic carbocycles. The molecule has 0 saturated carbocycles. The number of nitrogens with zero attached hydrogens (tertiary/aromatic N) is 3. The lowest BCUT2D eigenvalue weighted by Crippen LogP contribution is -2.41. The van der Waals surface area contributed by atoms with E-state index in [1.807, 2.05) is 17.9 Å². The van der Waals surface area contributed by atoms with Crippen molar-refractivity contribution in [3.63, 3.8) is 0 Å². The van der Waals surface area contributed by atoms with Gasteiger partial charge in [0.1, 0.15) is 5.82 Å². The number of rotatable bonds is 3. The van der Waals surface area contributed by atoms with E-state index in [1.165, 1.54) is 6.07 Å². The highest BCUT2D eigenvalue weighted by atomic mass is 19.1. The number of piperidine rings is 1. The van der Waals surface area contributed by atoms with Crippen LogP contribution in [0.4, 0.5) is 16.0 Å². The molecule has 1 atom stereocenters. The zero-order valence-corrected chi connectivity index (χ0v) is 13.9. The van der Waals surface area contributed by atoms with E-state index in [-0.39, 0.29) is 17.6 Å². The van der Waals surface area contributed by atoms with Gasteiger partial charge in [-0.3, -0.25) is 4.79 Å². The van der Waals surface area contributed by atoms with Crippen LogP contribution in [-0.2, 0) is 4.79 Å². The van der Waals surface area contributed by atoms with Crippen LogP contribution in [0.1, 0.15) is 24.1 Å². The van der Waals surface area contributed by atoms with Crippen molar-refractivity contribution < 1.29 is 9.18 Å². The predicted octanol–water partition coefficient (Wildman–Crippen LogP) is 3.09. The van der Waals surface area contributed by atoms with Gasteiger partial charge in [0, 0.05) is 30.7 Å². The molecule has 0 spiro atoms. The van der Waals surface area contributed by atoms with Crippen LogP contribution in [0.15, 0.2) is 30.5 Å². The van der Waals surface area contributed by atoms with E-state index in [0.717, 1.165) is 25.1 Å². The molecule has 0 bridgehead atoms. The highest BCUT2D eigenvalue weighted by molar-refractivity contribution is 5.93. The lowest BCUT2D eigenvalue weighted by molar-refractivity contribution is -0.120. The highest BCUT2D eigenvalue weighted by Gasteiger charge is 2.27. The molecule has 1 aliphatic rings. The molecule has 1 N–H and O–H groups in total. The fourth-order valence-corrected chi connectivity index (χ4v) is 2.88. The van der Waals surface area contributed by atoms with Crippen LogP contribution in [0.25, 0.3) is 0 Å². The summed E-state index contributed by atoms with van der Waals surface area (Å²) in [6, 6.07) is 6.60. The van der Waals surface area contributed by atoms with E-state index in [4.69, 9.17) is 0 Å². The van der Waals surface area contributed by atoms with Gasteiger partial charge >= 0.3 is 0 Å². The number of carbonyl (C=O) groups excluding carboxylic acids is 1. The second kappa shape index (κ2) is 6.95. The van der Waals surface area contributed by atoms with Crippen molar-refractivity contribution in [1.29, 1.82) is 0 Å². The molecular formula is C18H21FN4O. The van der Waals surface area contributed by atoms with Crippen LogP contribution in [0, 0.1) is 25.6 Å². The van der Waals surface area contributed by atoms with Gasteiger partial charge in [0.15, 0.2) is 0 Å². The van der Waals surface area contributed by atoms with Crippen LogP contribution in [0.2, 0.25) is 0 Å². The van der Waals surface area contributed by atoms with Gasteiger partial charge in [0.25, 0.3) is 0 Å². The number of amides is 1. The lowest BCUT2D eigenvalue weighted by Gasteiger charge is -2.32. The minimum atomic E-state index is -0.314. The van der Waals surface area contributed by atoms with Crippen molar-refractivity contribution in [3.8, 4) is 0 Å². The molecular weight excluding hydrogens is 307 g/mol. The molecule has 24 heavy (non-hydrogen) atoms. The van der Waals surface area contributed by atoms with E-state index in [9.17, 15) is 9.18 Å². The van der Waals surface area contributed by atoms with Crippen molar-refractivity contribution in [2.45, 2.75) is 26.7 Å². The van der Waals surface area contributed by atoms with Crippen molar-refractivity contribution in [2.75, 3.05) is 23.3 Å². The van der Waals surface area contributed by atoms with Crippen molar-refractivity contribution >= 4 is 17.5 Å². The van der Waals surface area contributed by atoms with Gasteiger partial charge < -0.3 is 10.2 Å². The molecule has 1 aromatic carbocycles. The normalized spacial score (nSPS) is 17.6. The maximum atomic E-state index is 13.6. The third kappa shape index (κ3) is 3.69. The van der Waals surface area contributed by atoms with Gasteiger partial charge in [-0.1, -0.05) is 6.07 Å². The fraction of sp³-hybridized carbons (Fsp3) is 0.389. The van der Waals surface area contributed by atoms with Gasteiger partial charge in [0.05, 0.1) is 5.92 Å². The monoisotopic (exact) mass is 328 g/mol. The van der Waals surface area contributed by atoms with Crippen molar-refractivity contribution in [2.24, 2.45) is 5.92 Å². The molecule has 126 valence electrons. The number of aromatic nitrogens is 2. The summed E-state index contributed by atoms with van der Waals surface area (Å²) in [7, 11) is 0. The SMILES string of the molecule is Cc1ccnc(N2CCCC(C(=O)Nc3ccc(C)c(F)c3)C2)n1. The van der Waals surface area contributed by atoms with Crippen LogP contribution in [0.5, 0.6) is 0 Å². The number of halogens is 1. The summed E-state index contributed by atoms with van der Waals surface area (Å²) >= 11 is 0. The molecule has 2 heterocycles. The number of nitrogens with one attached hydrogen (secondary N) is 1. The molecule has 1 fully saturated rings. The number of aryl methyl sites for hydroxylation is 2. The van der Waals surface area contributed by atoms with Gasteiger partial charge in [-0.05, 0) is 50.5 Å². The quantitative estimate of drug-likeness (QED) is 0.941. The predicted molar refractivity (Wildman–Crippen MR) is 91.5 cm³/mol. The summed E-state index contributed by atoms with van der Waals surface area (Å²) < 4.78 is 13.6. The molecule has 0 radical (unpaired) electrons. The second-order valence-electron chi connectivity index (χ2n) is 6.24. The third-order valence-electron chi connectivity index (χ3n) is 4.30. The Balaban J connectivity index is 1.67. The van der Waals surface area contributed by atoms with E-state index in [1.54, 1.807) is 25.3 Å². The van der Waals surface area contributed by atoms with Gasteiger partial charge in [0.2, 0.25) is 11.9 Å². The first-order valence-electron chi connectivity index (χ1n) is 8.14. The molecule has 2 aromatic rings. The Kier molecular flexibility index (Phi) is 4.74. The van der Waals surface area contributed by atoms with Crippen LogP contribution in [-0.4, -0.2) is 29.0 Å². The summed E-state index contributed by atoms with van der Waals surface area (Å²) in [5, 5.41) is 2.82. The molecule has 1 amide bonds. The fourth-order valence-electron chi connectivity index (χ4n) is 2.88. The van der Waals surface area contributed by atoms with E-state index < -0.39 is 0 Å². The first-order valence-corrected chi connectivity index (χ1v) is 8.14. The van der Waals surface area contributed by atoms with Crippen LogP contribution >= 0.6 is 0 Å². The smallest absolute Gasteiger partial charge is 0.229 e. The van der Waals surface area contributed by atoms with Crippen LogP contribution in [0.3, 0.4) is 0 Å². The van der Waals surface area contributed by atoms with Gasteiger partial charge in [-0.2, -0.15) is 0 Å². The molecule has 3 rings (SSSR count). The van der Waals surface area contributed by atoms with Crippen molar-refractivity contribution in [1.82, 2.24) is 9.97 Å². The zero-order valence-electron chi connectivity index (χ0n) is 13.9. The van der Waals surface area contributed by atoms with E-state index >= 15 is 0 Å². The molecule has 1 aliphatic heterocycles. The summed E-state index contributed by atoms with van der Waals surface area (Å²) in [4.78, 5) is 23.3. The summed E-state index contributed by atoms with van der Waals surface area (Å²) in [6.07, 6.45) is 3.44. The number of carbonyl (C=O) groups is 1. The van der Waals surface area contributed by atoms with E-state index in [0.29, 0.717) is 23.7 Å². The number of anilines is 2.